The van der Waals surface area contributed by atoms with Crippen LogP contribution in [0.5, 0.6) is 0 Å². The van der Waals surface area contributed by atoms with E-state index in [0.717, 1.165) is 18.4 Å². The van der Waals surface area contributed by atoms with Crippen LogP contribution in [0.1, 0.15) is 44.6 Å². The van der Waals surface area contributed by atoms with Crippen molar-refractivity contribution in [2.45, 2.75) is 51.6 Å². The van der Waals surface area contributed by atoms with Crippen LogP contribution in [0, 0.1) is 0 Å². The Morgan fingerprint density at radius 3 is 2.54 bits per heavy atom. The van der Waals surface area contributed by atoms with E-state index in [-0.39, 0.29) is 36.5 Å². The molecular weight excluding hydrogens is 304 g/mol. The molecule has 0 N–H and O–H groups in total. The smallest absolute Gasteiger partial charge is 0.223 e. The first-order valence-electron chi connectivity index (χ1n) is 8.63. The fraction of sp³-hybridized carbons (Fsp3) is 0.526. The second-order valence-electron chi connectivity index (χ2n) is 6.30. The molecule has 0 bridgehead atoms. The minimum absolute atomic E-state index is 0.0511. The minimum Gasteiger partial charge on any atom is -0.341 e. The topological polar surface area (TPSA) is 57.7 Å². The maximum atomic E-state index is 12.4. The number of carbonyl (C=O) groups excluding carboxylic acids is 3. The number of benzene rings is 1. The lowest BCUT2D eigenvalue weighted by molar-refractivity contribution is -0.139. The molecule has 24 heavy (non-hydrogen) atoms. The fourth-order valence-electron chi connectivity index (χ4n) is 3.13. The molecule has 5 heteroatoms. The number of nitrogens with zero attached hydrogens (tertiary/aromatic N) is 2. The number of carbonyl (C=O) groups is 3. The zero-order chi connectivity index (χ0) is 17.5. The summed E-state index contributed by atoms with van der Waals surface area (Å²) in [6.45, 7) is 2.99. The maximum absolute atomic E-state index is 12.4. The quantitative estimate of drug-likeness (QED) is 0.771. The third kappa shape index (κ3) is 4.66. The molecule has 0 saturated carbocycles. The summed E-state index contributed by atoms with van der Waals surface area (Å²) in [7, 11) is 1.75. The molecule has 1 aliphatic heterocycles. The number of amides is 2. The van der Waals surface area contributed by atoms with Gasteiger partial charge in [0.15, 0.2) is 5.78 Å². The van der Waals surface area contributed by atoms with Crippen molar-refractivity contribution in [3.63, 3.8) is 0 Å². The molecule has 1 atom stereocenters. The molecule has 1 saturated heterocycles. The van der Waals surface area contributed by atoms with Crippen LogP contribution in [0.3, 0.4) is 0 Å². The molecule has 1 aromatic carbocycles. The van der Waals surface area contributed by atoms with Crippen LogP contribution in [0.2, 0.25) is 0 Å². The number of Topliss-reactive ketones (excluding diaryl/α,β-unsaturated/α-hetero) is 1. The highest BCUT2D eigenvalue weighted by atomic mass is 16.2. The third-order valence-electron chi connectivity index (χ3n) is 4.53. The van der Waals surface area contributed by atoms with E-state index < -0.39 is 0 Å². The van der Waals surface area contributed by atoms with Crippen LogP contribution in [-0.2, 0) is 20.9 Å². The molecular formula is C19H26N2O3. The van der Waals surface area contributed by atoms with E-state index in [9.17, 15) is 14.4 Å². The summed E-state index contributed by atoms with van der Waals surface area (Å²) in [6, 6.07) is 9.48. The fourth-order valence-corrected chi connectivity index (χ4v) is 3.13. The van der Waals surface area contributed by atoms with Gasteiger partial charge in [0.05, 0.1) is 6.04 Å². The van der Waals surface area contributed by atoms with Crippen molar-refractivity contribution in [2.75, 3.05) is 13.6 Å². The number of hydrogen-bond acceptors (Lipinski definition) is 3. The monoisotopic (exact) mass is 330 g/mol. The summed E-state index contributed by atoms with van der Waals surface area (Å²) in [5, 5.41) is 0. The standard InChI is InChI=1S/C19H26N2O3/c1-3-17(22)16-10-7-13-21(16)19(24)12-11-18(23)20(2)14-15-8-5-4-6-9-15/h4-6,8-9,16H,3,7,10-14H2,1-2H3/t16-/m0/s1. The summed E-state index contributed by atoms with van der Waals surface area (Å²) in [4.78, 5) is 39.8. The van der Waals surface area contributed by atoms with Gasteiger partial charge in [-0.3, -0.25) is 14.4 Å². The first-order valence-corrected chi connectivity index (χ1v) is 8.63. The van der Waals surface area contributed by atoms with E-state index in [0.29, 0.717) is 19.5 Å². The molecule has 0 aliphatic carbocycles. The van der Waals surface area contributed by atoms with Gasteiger partial charge in [0.1, 0.15) is 0 Å². The number of hydrogen-bond donors (Lipinski definition) is 0. The Kier molecular flexibility index (Phi) is 6.53. The zero-order valence-corrected chi connectivity index (χ0v) is 14.5. The van der Waals surface area contributed by atoms with Gasteiger partial charge in [0.25, 0.3) is 0 Å². The SMILES string of the molecule is CCC(=O)[C@@H]1CCCN1C(=O)CCC(=O)N(C)Cc1ccccc1. The van der Waals surface area contributed by atoms with Gasteiger partial charge in [-0.15, -0.1) is 0 Å². The van der Waals surface area contributed by atoms with Crippen molar-refractivity contribution < 1.29 is 14.4 Å². The Morgan fingerprint density at radius 1 is 1.17 bits per heavy atom. The van der Waals surface area contributed by atoms with E-state index in [1.54, 1.807) is 16.8 Å². The lowest BCUT2D eigenvalue weighted by Gasteiger charge is -2.24. The highest BCUT2D eigenvalue weighted by Gasteiger charge is 2.32. The van der Waals surface area contributed by atoms with Crippen molar-refractivity contribution in [3.8, 4) is 0 Å². The Hall–Kier alpha value is -2.17. The molecule has 0 aromatic heterocycles. The molecule has 0 spiro atoms. The average Bonchev–Trinajstić information content (AvgIpc) is 3.09. The van der Waals surface area contributed by atoms with Gasteiger partial charge in [-0.2, -0.15) is 0 Å². The normalized spacial score (nSPS) is 16.9. The van der Waals surface area contributed by atoms with Gasteiger partial charge < -0.3 is 9.80 Å². The van der Waals surface area contributed by atoms with Crippen molar-refractivity contribution in [1.29, 1.82) is 0 Å². The Bertz CT molecular complexity index is 586. The van der Waals surface area contributed by atoms with Crippen LogP contribution in [0.15, 0.2) is 30.3 Å². The maximum Gasteiger partial charge on any atom is 0.223 e. The van der Waals surface area contributed by atoms with Crippen molar-refractivity contribution in [1.82, 2.24) is 9.80 Å². The summed E-state index contributed by atoms with van der Waals surface area (Å²) >= 11 is 0. The van der Waals surface area contributed by atoms with Gasteiger partial charge in [-0.25, -0.2) is 0 Å². The van der Waals surface area contributed by atoms with E-state index in [2.05, 4.69) is 0 Å². The highest BCUT2D eigenvalue weighted by Crippen LogP contribution is 2.20. The van der Waals surface area contributed by atoms with E-state index in [1.165, 1.54) is 0 Å². The predicted molar refractivity (Wildman–Crippen MR) is 92.2 cm³/mol. The van der Waals surface area contributed by atoms with Gasteiger partial charge in [0, 0.05) is 39.4 Å². The van der Waals surface area contributed by atoms with Crippen LogP contribution < -0.4 is 0 Å². The predicted octanol–water partition coefficient (Wildman–Crippen LogP) is 2.40. The number of ketones is 1. The minimum atomic E-state index is -0.278. The summed E-state index contributed by atoms with van der Waals surface area (Å²) in [5.41, 5.74) is 1.06. The Balaban J connectivity index is 1.82. The summed E-state index contributed by atoms with van der Waals surface area (Å²) < 4.78 is 0. The van der Waals surface area contributed by atoms with Crippen molar-refractivity contribution >= 4 is 17.6 Å². The Labute approximate surface area is 143 Å². The lowest BCUT2D eigenvalue weighted by Crippen LogP contribution is -2.40. The summed E-state index contributed by atoms with van der Waals surface area (Å²) in [5.74, 6) is -0.0149. The summed E-state index contributed by atoms with van der Waals surface area (Å²) in [6.07, 6.45) is 2.43. The van der Waals surface area contributed by atoms with Crippen LogP contribution in [-0.4, -0.2) is 47.0 Å². The van der Waals surface area contributed by atoms with Gasteiger partial charge >= 0.3 is 0 Å². The molecule has 0 unspecified atom stereocenters. The van der Waals surface area contributed by atoms with Crippen LogP contribution in [0.25, 0.3) is 0 Å². The zero-order valence-electron chi connectivity index (χ0n) is 14.5. The lowest BCUT2D eigenvalue weighted by atomic mass is 10.1. The number of rotatable bonds is 7. The molecule has 1 aliphatic rings. The van der Waals surface area contributed by atoms with Crippen molar-refractivity contribution in [2.24, 2.45) is 0 Å². The van der Waals surface area contributed by atoms with Gasteiger partial charge in [-0.1, -0.05) is 37.3 Å². The Morgan fingerprint density at radius 2 is 1.88 bits per heavy atom. The molecule has 1 fully saturated rings. The van der Waals surface area contributed by atoms with Crippen molar-refractivity contribution in [3.05, 3.63) is 35.9 Å². The molecule has 2 amide bonds. The molecule has 1 aromatic rings. The first-order chi connectivity index (χ1) is 11.5. The number of likely N-dealkylation sites (tertiary alicyclic amines) is 1. The third-order valence-corrected chi connectivity index (χ3v) is 4.53. The highest BCUT2D eigenvalue weighted by molar-refractivity contribution is 5.90. The van der Waals surface area contributed by atoms with E-state index in [4.69, 9.17) is 0 Å². The molecule has 2 rings (SSSR count). The molecule has 130 valence electrons. The average molecular weight is 330 g/mol. The first kappa shape index (κ1) is 18.2. The van der Waals surface area contributed by atoms with Crippen LogP contribution >= 0.6 is 0 Å². The van der Waals surface area contributed by atoms with E-state index in [1.807, 2.05) is 37.3 Å². The van der Waals surface area contributed by atoms with Crippen LogP contribution in [0.4, 0.5) is 0 Å². The van der Waals surface area contributed by atoms with Gasteiger partial charge in [-0.05, 0) is 18.4 Å². The second kappa shape index (κ2) is 8.62. The van der Waals surface area contributed by atoms with E-state index >= 15 is 0 Å². The molecule has 5 nitrogen and oxygen atoms in total. The second-order valence-corrected chi connectivity index (χ2v) is 6.30. The molecule has 1 heterocycles. The van der Waals surface area contributed by atoms with Gasteiger partial charge in [0.2, 0.25) is 11.8 Å². The molecule has 0 radical (unpaired) electrons. The largest absolute Gasteiger partial charge is 0.341 e.